The SMILES string of the molecule is CCCNC(=O)C(=O)C(CCC)NC(=O)[C@@H]1CC(C(C)C)CN1C(=O)C(NC(=O)NC1(SC)CCCCC1)C1CCCCC1. The predicted molar refractivity (Wildman–Crippen MR) is 175 cm³/mol. The molecule has 2 aliphatic carbocycles. The van der Waals surface area contributed by atoms with E-state index in [1.165, 1.54) is 6.42 Å². The lowest BCUT2D eigenvalue weighted by molar-refractivity contribution is -0.143. The first-order chi connectivity index (χ1) is 21.1. The lowest BCUT2D eigenvalue weighted by Gasteiger charge is -2.38. The van der Waals surface area contributed by atoms with Crippen LogP contribution in [0.1, 0.15) is 118 Å². The lowest BCUT2D eigenvalue weighted by Crippen LogP contribution is -2.60. The van der Waals surface area contributed by atoms with Crippen molar-refractivity contribution in [1.29, 1.82) is 0 Å². The van der Waals surface area contributed by atoms with Gasteiger partial charge in [-0.2, -0.15) is 0 Å². The Morgan fingerprint density at radius 3 is 2.14 bits per heavy atom. The van der Waals surface area contributed by atoms with Gasteiger partial charge in [0.15, 0.2) is 0 Å². The van der Waals surface area contributed by atoms with E-state index in [1.807, 2.05) is 20.1 Å². The Kier molecular flexibility index (Phi) is 14.3. The largest absolute Gasteiger partial charge is 0.349 e. The smallest absolute Gasteiger partial charge is 0.316 e. The fourth-order valence-electron chi connectivity index (χ4n) is 7.07. The third-order valence-electron chi connectivity index (χ3n) is 9.90. The molecule has 3 unspecified atom stereocenters. The molecule has 0 radical (unpaired) electrons. The standard InChI is InChI=1S/C33H57N5O5S/c1-6-14-25(28(39)30(41)34-19-7-2)35-29(40)26-20-24(22(3)4)21-38(26)31(42)27(23-15-10-8-11-16-23)36-32(43)37-33(44-5)17-12-9-13-18-33/h22-27H,6-21H2,1-5H3,(H,34,41)(H,35,40)(H2,36,37,43)/t24?,25?,26-,27?/m0/s1. The van der Waals surface area contributed by atoms with Crippen LogP contribution >= 0.6 is 11.8 Å². The van der Waals surface area contributed by atoms with Gasteiger partial charge in [-0.05, 0) is 69.0 Å². The molecule has 4 N–H and O–H groups in total. The van der Waals surface area contributed by atoms with Crippen molar-refractivity contribution in [2.24, 2.45) is 17.8 Å². The monoisotopic (exact) mass is 635 g/mol. The highest BCUT2D eigenvalue weighted by Gasteiger charge is 2.46. The highest BCUT2D eigenvalue weighted by Crippen LogP contribution is 2.37. The summed E-state index contributed by atoms with van der Waals surface area (Å²) in [5.74, 6) is -1.65. The van der Waals surface area contributed by atoms with Gasteiger partial charge >= 0.3 is 6.03 Å². The summed E-state index contributed by atoms with van der Waals surface area (Å²) >= 11 is 1.67. The summed E-state index contributed by atoms with van der Waals surface area (Å²) < 4.78 is 0. The number of Topliss-reactive ketones (excluding diaryl/α,β-unsaturated/α-hetero) is 1. The van der Waals surface area contributed by atoms with E-state index >= 15 is 0 Å². The van der Waals surface area contributed by atoms with Crippen LogP contribution in [-0.4, -0.2) is 76.8 Å². The van der Waals surface area contributed by atoms with E-state index in [4.69, 9.17) is 0 Å². The van der Waals surface area contributed by atoms with E-state index in [9.17, 15) is 24.0 Å². The van der Waals surface area contributed by atoms with E-state index < -0.39 is 35.7 Å². The highest BCUT2D eigenvalue weighted by atomic mass is 32.2. The normalized spacial score (nSPS) is 23.5. The number of hydrogen-bond donors (Lipinski definition) is 4. The number of thioether (sulfide) groups is 1. The molecule has 1 aliphatic heterocycles. The Labute approximate surface area is 268 Å². The molecule has 0 bridgehead atoms. The molecule has 44 heavy (non-hydrogen) atoms. The van der Waals surface area contributed by atoms with Gasteiger partial charge in [0.05, 0.1) is 10.9 Å². The molecule has 4 atom stereocenters. The van der Waals surface area contributed by atoms with Crippen molar-refractivity contribution >= 4 is 41.3 Å². The predicted octanol–water partition coefficient (Wildman–Crippen LogP) is 4.51. The fraction of sp³-hybridized carbons (Fsp3) is 0.848. The average Bonchev–Trinajstić information content (AvgIpc) is 3.49. The minimum absolute atomic E-state index is 0.00271. The van der Waals surface area contributed by atoms with Crippen molar-refractivity contribution in [3.05, 3.63) is 0 Å². The minimum Gasteiger partial charge on any atom is -0.349 e. The zero-order valence-corrected chi connectivity index (χ0v) is 28.5. The summed E-state index contributed by atoms with van der Waals surface area (Å²) in [6.07, 6.45) is 14.1. The third kappa shape index (κ3) is 9.60. The summed E-state index contributed by atoms with van der Waals surface area (Å²) in [4.78, 5) is 68.5. The zero-order valence-electron chi connectivity index (χ0n) is 27.7. The Morgan fingerprint density at radius 2 is 1.55 bits per heavy atom. The van der Waals surface area contributed by atoms with Gasteiger partial charge in [0.25, 0.3) is 5.91 Å². The van der Waals surface area contributed by atoms with Crippen LogP contribution in [0, 0.1) is 17.8 Å². The number of urea groups is 1. The number of carbonyl (C=O) groups is 5. The van der Waals surface area contributed by atoms with Gasteiger partial charge in [-0.3, -0.25) is 19.2 Å². The molecule has 10 nitrogen and oxygen atoms in total. The van der Waals surface area contributed by atoms with Gasteiger partial charge in [-0.25, -0.2) is 4.79 Å². The van der Waals surface area contributed by atoms with Crippen molar-refractivity contribution < 1.29 is 24.0 Å². The molecular formula is C33H57N5O5S. The summed E-state index contributed by atoms with van der Waals surface area (Å²) in [6, 6.07) is -2.77. The van der Waals surface area contributed by atoms with E-state index in [1.54, 1.807) is 16.7 Å². The first-order valence-corrected chi connectivity index (χ1v) is 18.3. The average molecular weight is 636 g/mol. The lowest BCUT2D eigenvalue weighted by atomic mass is 9.83. The number of nitrogens with zero attached hydrogens (tertiary/aromatic N) is 1. The first kappa shape index (κ1) is 36.2. The van der Waals surface area contributed by atoms with Gasteiger partial charge in [-0.1, -0.05) is 72.6 Å². The second-order valence-electron chi connectivity index (χ2n) is 13.4. The second-order valence-corrected chi connectivity index (χ2v) is 14.6. The van der Waals surface area contributed by atoms with Crippen LogP contribution in [-0.2, 0) is 19.2 Å². The molecule has 5 amide bonds. The van der Waals surface area contributed by atoms with Crippen molar-refractivity contribution in [1.82, 2.24) is 26.2 Å². The third-order valence-corrected chi connectivity index (χ3v) is 11.2. The van der Waals surface area contributed by atoms with E-state index in [0.717, 1.165) is 57.8 Å². The number of hydrogen-bond acceptors (Lipinski definition) is 6. The summed E-state index contributed by atoms with van der Waals surface area (Å²) in [7, 11) is 0. The summed E-state index contributed by atoms with van der Waals surface area (Å²) in [5, 5.41) is 11.8. The molecule has 2 saturated carbocycles. The molecule has 0 aromatic carbocycles. The fourth-order valence-corrected chi connectivity index (χ4v) is 7.96. The molecule has 0 aromatic rings. The van der Waals surface area contributed by atoms with Crippen molar-refractivity contribution in [3.8, 4) is 0 Å². The van der Waals surface area contributed by atoms with Crippen molar-refractivity contribution in [2.75, 3.05) is 19.3 Å². The quantitative estimate of drug-likeness (QED) is 0.164. The number of rotatable bonds is 14. The molecule has 3 rings (SSSR count). The molecule has 3 fully saturated rings. The van der Waals surface area contributed by atoms with Crippen LogP contribution in [0.5, 0.6) is 0 Å². The van der Waals surface area contributed by atoms with Gasteiger partial charge in [-0.15, -0.1) is 11.8 Å². The van der Waals surface area contributed by atoms with E-state index in [0.29, 0.717) is 38.8 Å². The van der Waals surface area contributed by atoms with Gasteiger partial charge in [0, 0.05) is 13.1 Å². The molecule has 1 heterocycles. The van der Waals surface area contributed by atoms with Gasteiger partial charge in [0.2, 0.25) is 17.6 Å². The molecule has 1 saturated heterocycles. The molecule has 3 aliphatic rings. The Hall–Kier alpha value is -2.30. The zero-order chi connectivity index (χ0) is 32.3. The number of carbonyl (C=O) groups excluding carboxylic acids is 5. The van der Waals surface area contributed by atoms with Crippen LogP contribution in [0.4, 0.5) is 4.79 Å². The number of amides is 5. The van der Waals surface area contributed by atoms with Crippen molar-refractivity contribution in [3.63, 3.8) is 0 Å². The number of likely N-dealkylation sites (tertiary alicyclic amines) is 1. The minimum atomic E-state index is -0.948. The highest BCUT2D eigenvalue weighted by molar-refractivity contribution is 7.99. The number of ketones is 1. The van der Waals surface area contributed by atoms with Crippen LogP contribution in [0.2, 0.25) is 0 Å². The Morgan fingerprint density at radius 1 is 0.886 bits per heavy atom. The van der Waals surface area contributed by atoms with Crippen LogP contribution < -0.4 is 21.3 Å². The maximum atomic E-state index is 14.4. The second kappa shape index (κ2) is 17.4. The Balaban J connectivity index is 1.82. The summed E-state index contributed by atoms with van der Waals surface area (Å²) in [6.45, 7) is 8.79. The Bertz CT molecular complexity index is 995. The maximum Gasteiger partial charge on any atom is 0.316 e. The van der Waals surface area contributed by atoms with Crippen LogP contribution in [0.3, 0.4) is 0 Å². The van der Waals surface area contributed by atoms with Gasteiger partial charge < -0.3 is 26.2 Å². The number of nitrogens with one attached hydrogen (secondary N) is 4. The van der Waals surface area contributed by atoms with Crippen LogP contribution in [0.25, 0.3) is 0 Å². The van der Waals surface area contributed by atoms with E-state index in [2.05, 4.69) is 35.1 Å². The van der Waals surface area contributed by atoms with Gasteiger partial charge in [0.1, 0.15) is 12.1 Å². The summed E-state index contributed by atoms with van der Waals surface area (Å²) in [5.41, 5.74) is 0. The van der Waals surface area contributed by atoms with E-state index in [-0.39, 0.29) is 34.6 Å². The molecule has 0 spiro atoms. The topological polar surface area (TPSA) is 137 Å². The van der Waals surface area contributed by atoms with Crippen LogP contribution in [0.15, 0.2) is 0 Å². The molecule has 250 valence electrons. The molecule has 11 heteroatoms. The molecular weight excluding hydrogens is 578 g/mol. The maximum absolute atomic E-state index is 14.4. The first-order valence-electron chi connectivity index (χ1n) is 17.1. The molecule has 0 aromatic heterocycles. The van der Waals surface area contributed by atoms with Crippen molar-refractivity contribution in [2.45, 2.75) is 141 Å².